The molecule has 0 aliphatic rings. The summed E-state index contributed by atoms with van der Waals surface area (Å²) >= 11 is 0. The third-order valence-electron chi connectivity index (χ3n) is 1.53. The molecule has 0 aliphatic carbocycles. The summed E-state index contributed by atoms with van der Waals surface area (Å²) in [6, 6.07) is 1.49. The summed E-state index contributed by atoms with van der Waals surface area (Å²) < 4.78 is 0. The maximum atomic E-state index is 3.15. The predicted molar refractivity (Wildman–Crippen MR) is 47.1 cm³/mol. The van der Waals surface area contributed by atoms with E-state index in [2.05, 4.69) is 5.32 Å². The van der Waals surface area contributed by atoms with Gasteiger partial charge >= 0.3 is 0 Å². The monoisotopic (exact) mass is 145 g/mol. The molecule has 0 fully saturated rings. The van der Waals surface area contributed by atoms with Crippen molar-refractivity contribution in [3.8, 4) is 0 Å². The van der Waals surface area contributed by atoms with Gasteiger partial charge in [-0.15, -0.1) is 0 Å². The van der Waals surface area contributed by atoms with Gasteiger partial charge < -0.3 is 5.32 Å². The van der Waals surface area contributed by atoms with Crippen LogP contribution >= 0.6 is 0 Å². The molecule has 0 aromatic carbocycles. The second-order valence-electron chi connectivity index (χ2n) is 2.52. The van der Waals surface area contributed by atoms with Crippen LogP contribution in [0.5, 0.6) is 0 Å². The summed E-state index contributed by atoms with van der Waals surface area (Å²) in [5.41, 5.74) is 0. The zero-order chi connectivity index (χ0) is 6.95. The maximum Gasteiger partial charge on any atom is 0.00279 e. The topological polar surface area (TPSA) is 12.0 Å². The van der Waals surface area contributed by atoms with E-state index in [1.165, 1.54) is 48.5 Å². The van der Waals surface area contributed by atoms with Crippen LogP contribution in [-0.4, -0.2) is 23.8 Å². The average molecular weight is 145 g/mol. The molecule has 0 aliphatic heterocycles. The number of rotatable bonds is 6. The molecule has 1 N–H and O–H groups in total. The molecule has 56 valence electrons. The Bertz CT molecular complexity index is 42.2. The van der Waals surface area contributed by atoms with Crippen molar-refractivity contribution in [2.24, 2.45) is 0 Å². The second-order valence-corrected chi connectivity index (χ2v) is 3.52. The van der Waals surface area contributed by atoms with Crippen LogP contribution in [0, 0.1) is 0 Å². The third kappa shape index (κ3) is 8.18. The molecular formula is C7H19NSi. The smallest absolute Gasteiger partial charge is 0.00279 e. The minimum absolute atomic E-state index is 1.20. The van der Waals surface area contributed by atoms with Crippen LogP contribution in [-0.2, 0) is 0 Å². The first-order valence-electron chi connectivity index (χ1n) is 4.06. The van der Waals surface area contributed by atoms with Gasteiger partial charge in [0, 0.05) is 10.2 Å². The van der Waals surface area contributed by atoms with Crippen LogP contribution in [0.15, 0.2) is 0 Å². The molecule has 0 radical (unpaired) electrons. The van der Waals surface area contributed by atoms with Crippen molar-refractivity contribution >= 4 is 10.2 Å². The summed E-state index contributed by atoms with van der Waals surface area (Å²) in [5.74, 6) is 0. The maximum absolute atomic E-state index is 3.15. The molecule has 9 heavy (non-hydrogen) atoms. The second kappa shape index (κ2) is 8.18. The first kappa shape index (κ1) is 9.18. The molecule has 0 aromatic rings. The molecule has 0 rings (SSSR count). The van der Waals surface area contributed by atoms with Crippen LogP contribution in [0.4, 0.5) is 0 Å². The van der Waals surface area contributed by atoms with Gasteiger partial charge in [0.05, 0.1) is 0 Å². The van der Waals surface area contributed by atoms with Crippen LogP contribution in [0.2, 0.25) is 6.04 Å². The molecule has 0 heterocycles. The molecule has 2 heteroatoms. The molecule has 1 nitrogen and oxygen atoms in total. The van der Waals surface area contributed by atoms with Crippen molar-refractivity contribution in [1.29, 1.82) is 0 Å². The fraction of sp³-hybridized carbons (Fsp3) is 1.00. The summed E-state index contributed by atoms with van der Waals surface area (Å²) in [6.07, 6.45) is 5.70. The minimum atomic E-state index is 1.20. The van der Waals surface area contributed by atoms with E-state index in [9.17, 15) is 0 Å². The van der Waals surface area contributed by atoms with Crippen molar-refractivity contribution in [2.45, 2.75) is 31.7 Å². The van der Waals surface area contributed by atoms with E-state index < -0.39 is 0 Å². The average Bonchev–Trinajstić information content (AvgIpc) is 1.89. The molecule has 0 saturated heterocycles. The normalized spacial score (nSPS) is 10.3. The first-order valence-corrected chi connectivity index (χ1v) is 5.47. The van der Waals surface area contributed by atoms with Gasteiger partial charge in [0.25, 0.3) is 0 Å². The number of nitrogens with one attached hydrogen (secondary N) is 1. The van der Waals surface area contributed by atoms with E-state index in [0.29, 0.717) is 0 Å². The minimum Gasteiger partial charge on any atom is -0.320 e. The zero-order valence-electron chi connectivity index (χ0n) is 6.74. The van der Waals surface area contributed by atoms with Crippen molar-refractivity contribution in [1.82, 2.24) is 5.32 Å². The van der Waals surface area contributed by atoms with E-state index >= 15 is 0 Å². The van der Waals surface area contributed by atoms with Crippen LogP contribution in [0.3, 0.4) is 0 Å². The van der Waals surface area contributed by atoms with Crippen molar-refractivity contribution in [3.05, 3.63) is 0 Å². The SMILES string of the molecule is CNCCCCCC[SiH3]. The summed E-state index contributed by atoms with van der Waals surface area (Å²) in [7, 11) is 3.41. The Morgan fingerprint density at radius 1 is 1.11 bits per heavy atom. The van der Waals surface area contributed by atoms with E-state index in [4.69, 9.17) is 0 Å². The number of hydrogen-bond acceptors (Lipinski definition) is 1. The Labute approximate surface area is 61.6 Å². The van der Waals surface area contributed by atoms with Gasteiger partial charge in [-0.3, -0.25) is 0 Å². The summed E-state index contributed by atoms with van der Waals surface area (Å²) in [6.45, 7) is 1.20. The van der Waals surface area contributed by atoms with Gasteiger partial charge in [-0.05, 0) is 20.0 Å². The Balaban J connectivity index is 2.60. The lowest BCUT2D eigenvalue weighted by molar-refractivity contribution is 0.634. The van der Waals surface area contributed by atoms with Gasteiger partial charge in [-0.25, -0.2) is 0 Å². The standard InChI is InChI=1S/C7H19NSi/c1-8-6-4-2-3-5-7-9/h8H,2-7H2,1,9H3. The van der Waals surface area contributed by atoms with E-state index in [1.807, 2.05) is 7.05 Å². The molecule has 0 aromatic heterocycles. The Hall–Kier alpha value is 0.177. The van der Waals surface area contributed by atoms with Crippen molar-refractivity contribution in [2.75, 3.05) is 13.6 Å². The Morgan fingerprint density at radius 2 is 1.78 bits per heavy atom. The van der Waals surface area contributed by atoms with Gasteiger partial charge in [0.2, 0.25) is 0 Å². The molecule has 0 atom stereocenters. The fourth-order valence-corrected chi connectivity index (χ4v) is 1.41. The van der Waals surface area contributed by atoms with Crippen molar-refractivity contribution in [3.63, 3.8) is 0 Å². The van der Waals surface area contributed by atoms with Gasteiger partial charge in [0.15, 0.2) is 0 Å². The lowest BCUT2D eigenvalue weighted by Gasteiger charge is -1.97. The van der Waals surface area contributed by atoms with Crippen LogP contribution in [0.1, 0.15) is 25.7 Å². The van der Waals surface area contributed by atoms with Gasteiger partial charge in [0.1, 0.15) is 0 Å². The molecule has 0 saturated carbocycles. The highest BCUT2D eigenvalue weighted by Crippen LogP contribution is 1.99. The van der Waals surface area contributed by atoms with Gasteiger partial charge in [-0.1, -0.05) is 25.3 Å². The largest absolute Gasteiger partial charge is 0.320 e. The fourth-order valence-electron chi connectivity index (χ4n) is 0.905. The highest BCUT2D eigenvalue weighted by Gasteiger charge is 1.85. The van der Waals surface area contributed by atoms with E-state index in [0.717, 1.165) is 0 Å². The molecule has 0 amide bonds. The predicted octanol–water partition coefficient (Wildman–Crippen LogP) is 0.550. The Kier molecular flexibility index (Phi) is 8.34. The van der Waals surface area contributed by atoms with E-state index in [-0.39, 0.29) is 0 Å². The molecular weight excluding hydrogens is 126 g/mol. The quantitative estimate of drug-likeness (QED) is 0.425. The summed E-state index contributed by atoms with van der Waals surface area (Å²) in [4.78, 5) is 0. The van der Waals surface area contributed by atoms with Crippen LogP contribution < -0.4 is 5.32 Å². The zero-order valence-corrected chi connectivity index (χ0v) is 8.74. The third-order valence-corrected chi connectivity index (χ3v) is 2.24. The summed E-state index contributed by atoms with van der Waals surface area (Å²) in [5, 5.41) is 3.15. The number of hydrogen-bond donors (Lipinski definition) is 1. The lowest BCUT2D eigenvalue weighted by Crippen LogP contribution is -2.06. The molecule has 0 unspecified atom stereocenters. The van der Waals surface area contributed by atoms with Gasteiger partial charge in [-0.2, -0.15) is 0 Å². The lowest BCUT2D eigenvalue weighted by atomic mass is 10.2. The van der Waals surface area contributed by atoms with Crippen molar-refractivity contribution < 1.29 is 0 Å². The molecule has 0 spiro atoms. The first-order chi connectivity index (χ1) is 4.41. The molecule has 0 bridgehead atoms. The van der Waals surface area contributed by atoms with E-state index in [1.54, 1.807) is 0 Å². The highest BCUT2D eigenvalue weighted by molar-refractivity contribution is 6.08. The highest BCUT2D eigenvalue weighted by atomic mass is 28.1. The number of unbranched alkanes of at least 4 members (excludes halogenated alkanes) is 3. The Morgan fingerprint density at radius 3 is 2.33 bits per heavy atom. The van der Waals surface area contributed by atoms with Crippen LogP contribution in [0.25, 0.3) is 0 Å².